The first-order valence-electron chi connectivity index (χ1n) is 19.0. The number of benzene rings is 1. The number of amides is 5. The summed E-state index contributed by atoms with van der Waals surface area (Å²) in [5.74, 6) is 0.414. The van der Waals surface area contributed by atoms with Crippen molar-refractivity contribution in [3.05, 3.63) is 88.7 Å². The normalized spacial score (nSPS) is 20.9. The van der Waals surface area contributed by atoms with Crippen molar-refractivity contribution in [2.75, 3.05) is 57.1 Å². The number of hydrogen-bond donors (Lipinski definition) is 4. The minimum Gasteiger partial charge on any atom is -0.453 e. The van der Waals surface area contributed by atoms with Gasteiger partial charge in [-0.1, -0.05) is 32.1 Å². The van der Waals surface area contributed by atoms with Gasteiger partial charge in [0, 0.05) is 69.0 Å². The van der Waals surface area contributed by atoms with Crippen molar-refractivity contribution in [2.24, 2.45) is 5.92 Å². The van der Waals surface area contributed by atoms with Gasteiger partial charge in [-0.3, -0.25) is 9.59 Å². The number of alkyl carbamates (subject to hydrolysis) is 1. The van der Waals surface area contributed by atoms with Gasteiger partial charge in [0.1, 0.15) is 18.2 Å². The fourth-order valence-electron chi connectivity index (χ4n) is 7.70. The van der Waals surface area contributed by atoms with Crippen molar-refractivity contribution in [1.29, 1.82) is 0 Å². The summed E-state index contributed by atoms with van der Waals surface area (Å²) in [6.07, 6.45) is 4.43. The zero-order valence-electron chi connectivity index (χ0n) is 32.6. The van der Waals surface area contributed by atoms with Crippen LogP contribution in [0.5, 0.6) is 0 Å². The van der Waals surface area contributed by atoms with Crippen LogP contribution in [0.2, 0.25) is 0 Å². The molecular weight excluding hydrogens is 743 g/mol. The van der Waals surface area contributed by atoms with E-state index < -0.39 is 23.7 Å². The molecular formula is C40H48F3N9O5. The molecule has 17 heteroatoms. The van der Waals surface area contributed by atoms with E-state index in [1.165, 1.54) is 19.4 Å². The number of likely N-dealkylation sites (tertiary alicyclic amines) is 1. The SMILES string of the molecule is CCc1cc(C2=CCC(c3cnc(C4CC(C)CN4C(=O)CNC(=O)OC)[nH]3)C=C2)c(C(F)(F)F)cc1NC(=O)c1ccc(N2CCN(C(=O)NC)C(C)C2)nc1. The third kappa shape index (κ3) is 9.07. The van der Waals surface area contributed by atoms with Crippen LogP contribution in [0.25, 0.3) is 5.57 Å². The Hall–Kier alpha value is -5.87. The number of pyridine rings is 1. The molecule has 4 heterocycles. The quantitative estimate of drug-likeness (QED) is 0.209. The van der Waals surface area contributed by atoms with Gasteiger partial charge < -0.3 is 40.4 Å². The van der Waals surface area contributed by atoms with E-state index in [0.29, 0.717) is 68.2 Å². The van der Waals surface area contributed by atoms with Crippen LogP contribution in [-0.4, -0.2) is 102 Å². The number of ether oxygens (including phenoxy) is 1. The average Bonchev–Trinajstić information content (AvgIpc) is 3.86. The number of aromatic amines is 1. The number of aryl methyl sites for hydroxylation is 1. The molecule has 14 nitrogen and oxygen atoms in total. The van der Waals surface area contributed by atoms with Crippen molar-refractivity contribution in [1.82, 2.24) is 35.4 Å². The molecule has 2 fully saturated rings. The number of piperazine rings is 1. The molecule has 2 saturated heterocycles. The highest BCUT2D eigenvalue weighted by atomic mass is 19.4. The summed E-state index contributed by atoms with van der Waals surface area (Å²) in [6, 6.07) is 5.25. The standard InChI is InChI=1S/C40H48F3N9O5/c1-6-25-16-29(26-7-9-27(10-8-26)32-19-46-36(48-32)33-15-23(2)21-52(33)35(53)20-47-39(56)57-5)30(40(41,42)43)17-31(25)49-37(54)28-11-12-34(45-18-28)50-13-14-51(24(3)22-50)38(55)44-4/h7-9,11-12,16-19,23-24,27,33H,6,10,13-15,20-22H2,1-5H3,(H,44,55)(H,46,48)(H,47,56)(H,49,54). The number of hydrogen-bond acceptors (Lipinski definition) is 8. The number of methoxy groups -OCH3 is 1. The second-order valence-corrected chi connectivity index (χ2v) is 14.6. The van der Waals surface area contributed by atoms with Crippen LogP contribution in [0.4, 0.5) is 34.3 Å². The molecule has 57 heavy (non-hydrogen) atoms. The molecule has 1 aliphatic carbocycles. The first-order valence-corrected chi connectivity index (χ1v) is 19.0. The largest absolute Gasteiger partial charge is 0.453 e. The number of carbonyl (C=O) groups excluding carboxylic acids is 4. The van der Waals surface area contributed by atoms with Gasteiger partial charge in [-0.05, 0) is 73.1 Å². The average molecular weight is 792 g/mol. The molecule has 2 aliphatic heterocycles. The third-order valence-corrected chi connectivity index (χ3v) is 10.8. The number of allylic oxidation sites excluding steroid dienone is 4. The van der Waals surface area contributed by atoms with E-state index in [9.17, 15) is 32.3 Å². The van der Waals surface area contributed by atoms with Gasteiger partial charge in [0.05, 0.1) is 24.3 Å². The highest BCUT2D eigenvalue weighted by molar-refractivity contribution is 6.05. The molecule has 304 valence electrons. The smallest absolute Gasteiger partial charge is 0.417 e. The van der Waals surface area contributed by atoms with E-state index in [0.717, 1.165) is 11.8 Å². The van der Waals surface area contributed by atoms with Crippen LogP contribution in [0.15, 0.2) is 54.9 Å². The number of carbonyl (C=O) groups is 4. The summed E-state index contributed by atoms with van der Waals surface area (Å²) in [6.45, 7) is 7.71. The van der Waals surface area contributed by atoms with Gasteiger partial charge in [-0.25, -0.2) is 19.6 Å². The van der Waals surface area contributed by atoms with Crippen molar-refractivity contribution in [3.63, 3.8) is 0 Å². The number of urea groups is 1. The van der Waals surface area contributed by atoms with E-state index in [1.54, 1.807) is 47.3 Å². The van der Waals surface area contributed by atoms with Crippen LogP contribution in [0.3, 0.4) is 0 Å². The number of anilines is 2. The maximum Gasteiger partial charge on any atom is 0.417 e. The number of aromatic nitrogens is 3. The summed E-state index contributed by atoms with van der Waals surface area (Å²) < 4.78 is 48.5. The van der Waals surface area contributed by atoms with Gasteiger partial charge in [0.2, 0.25) is 5.91 Å². The Morgan fingerprint density at radius 3 is 2.46 bits per heavy atom. The molecule has 3 aliphatic rings. The predicted molar refractivity (Wildman–Crippen MR) is 208 cm³/mol. The molecule has 6 rings (SSSR count). The predicted octanol–water partition coefficient (Wildman–Crippen LogP) is 5.88. The van der Waals surface area contributed by atoms with Gasteiger partial charge in [-0.15, -0.1) is 0 Å². The first-order chi connectivity index (χ1) is 27.2. The summed E-state index contributed by atoms with van der Waals surface area (Å²) in [7, 11) is 2.81. The molecule has 4 N–H and O–H groups in total. The first kappa shape index (κ1) is 40.8. The van der Waals surface area contributed by atoms with Crippen molar-refractivity contribution in [2.45, 2.75) is 64.2 Å². The summed E-state index contributed by atoms with van der Waals surface area (Å²) >= 11 is 0. The number of alkyl halides is 3. The Morgan fingerprint density at radius 1 is 1.04 bits per heavy atom. The van der Waals surface area contributed by atoms with Crippen LogP contribution in [0, 0.1) is 5.92 Å². The molecule has 3 aromatic rings. The van der Waals surface area contributed by atoms with Gasteiger partial charge in [0.15, 0.2) is 0 Å². The lowest BCUT2D eigenvalue weighted by molar-refractivity contribution is -0.137. The lowest BCUT2D eigenvalue weighted by atomic mass is 9.88. The Bertz CT molecular complexity index is 2050. The zero-order chi connectivity index (χ0) is 41.0. The number of halogens is 3. The van der Waals surface area contributed by atoms with Crippen molar-refractivity contribution >= 4 is 41.0 Å². The number of nitrogens with zero attached hydrogens (tertiary/aromatic N) is 5. The highest BCUT2D eigenvalue weighted by Crippen LogP contribution is 2.41. The second-order valence-electron chi connectivity index (χ2n) is 14.6. The van der Waals surface area contributed by atoms with E-state index in [2.05, 4.69) is 35.6 Å². The molecule has 0 spiro atoms. The van der Waals surface area contributed by atoms with E-state index in [1.807, 2.05) is 31.7 Å². The minimum atomic E-state index is -4.71. The maximum atomic E-state index is 14.7. The van der Waals surface area contributed by atoms with Crippen molar-refractivity contribution in [3.8, 4) is 0 Å². The number of rotatable bonds is 9. The number of nitrogens with one attached hydrogen (secondary N) is 4. The molecule has 4 unspecified atom stereocenters. The molecule has 2 aromatic heterocycles. The van der Waals surface area contributed by atoms with Gasteiger partial charge in [0.25, 0.3) is 5.91 Å². The summed E-state index contributed by atoms with van der Waals surface area (Å²) in [5.41, 5.74) is 1.13. The van der Waals surface area contributed by atoms with Crippen LogP contribution in [0.1, 0.15) is 84.1 Å². The van der Waals surface area contributed by atoms with E-state index in [4.69, 9.17) is 0 Å². The molecule has 0 bridgehead atoms. The Balaban J connectivity index is 1.14. The Labute approximate surface area is 328 Å². The van der Waals surface area contributed by atoms with Crippen LogP contribution < -0.4 is 20.9 Å². The Morgan fingerprint density at radius 2 is 1.82 bits per heavy atom. The Kier molecular flexibility index (Phi) is 12.2. The topological polar surface area (TPSA) is 165 Å². The number of imidazole rings is 1. The van der Waals surface area contributed by atoms with E-state index in [-0.39, 0.29) is 59.2 Å². The second kappa shape index (κ2) is 17.1. The number of H-pyrrole nitrogens is 1. The fourth-order valence-corrected chi connectivity index (χ4v) is 7.70. The van der Waals surface area contributed by atoms with Crippen LogP contribution >= 0.6 is 0 Å². The molecule has 5 amide bonds. The zero-order valence-corrected chi connectivity index (χ0v) is 32.6. The monoisotopic (exact) mass is 791 g/mol. The van der Waals surface area contributed by atoms with E-state index >= 15 is 0 Å². The van der Waals surface area contributed by atoms with Crippen LogP contribution in [-0.2, 0) is 22.1 Å². The lowest BCUT2D eigenvalue weighted by Crippen LogP contribution is -2.56. The molecule has 1 aromatic carbocycles. The van der Waals surface area contributed by atoms with Gasteiger partial charge >= 0.3 is 18.3 Å². The van der Waals surface area contributed by atoms with Crippen molar-refractivity contribution < 1.29 is 37.1 Å². The third-order valence-electron chi connectivity index (χ3n) is 10.8. The molecule has 0 saturated carbocycles. The fraction of sp³-hybridized carbons (Fsp3) is 0.450. The van der Waals surface area contributed by atoms with Gasteiger partial charge in [-0.2, -0.15) is 13.2 Å². The summed E-state index contributed by atoms with van der Waals surface area (Å²) in [5, 5.41) is 7.76. The lowest BCUT2D eigenvalue weighted by Gasteiger charge is -2.40. The summed E-state index contributed by atoms with van der Waals surface area (Å²) in [4.78, 5) is 67.7. The molecule has 0 radical (unpaired) electrons. The maximum absolute atomic E-state index is 14.7. The molecule has 4 atom stereocenters. The highest BCUT2D eigenvalue weighted by Gasteiger charge is 2.37. The minimum absolute atomic E-state index is 0.0174.